The van der Waals surface area contributed by atoms with Gasteiger partial charge in [0.15, 0.2) is 0 Å². The predicted molar refractivity (Wildman–Crippen MR) is 178 cm³/mol. The third-order valence-electron chi connectivity index (χ3n) is 5.77. The second-order valence-corrected chi connectivity index (χ2v) is 10.7. The zero-order valence-electron chi connectivity index (χ0n) is 25.8. The zero-order chi connectivity index (χ0) is 32.1. The summed E-state index contributed by atoms with van der Waals surface area (Å²) in [5, 5.41) is 14.2. The molecule has 0 bridgehead atoms. The molecular formula is C31H39ClN10O2. The first-order valence-electron chi connectivity index (χ1n) is 14.0. The van der Waals surface area contributed by atoms with Crippen LogP contribution in [0.25, 0.3) is 0 Å². The number of carbonyl (C=O) groups is 2. The number of nitrogens with one attached hydrogen (secondary N) is 5. The van der Waals surface area contributed by atoms with Crippen LogP contribution in [0, 0.1) is 27.7 Å². The molecule has 4 aromatic rings. The summed E-state index contributed by atoms with van der Waals surface area (Å²) in [6, 6.07) is 17.8. The number of benzene rings is 2. The number of aromatic nitrogens is 4. The highest BCUT2D eigenvalue weighted by molar-refractivity contribution is 6.29. The van der Waals surface area contributed by atoms with Crippen LogP contribution < -0.4 is 26.6 Å². The lowest BCUT2D eigenvalue weighted by molar-refractivity contribution is 0.261. The number of anilines is 5. The largest absolute Gasteiger partial charge is 0.370 e. The second-order valence-electron chi connectivity index (χ2n) is 10.4. The normalized spacial score (nSPS) is 10.4. The molecule has 2 heterocycles. The minimum absolute atomic E-state index is 0.176. The zero-order valence-corrected chi connectivity index (χ0v) is 26.6. The van der Waals surface area contributed by atoms with Gasteiger partial charge >= 0.3 is 12.1 Å². The van der Waals surface area contributed by atoms with E-state index in [0.717, 1.165) is 42.0 Å². The maximum Gasteiger partial charge on any atom is 0.326 e. The quantitative estimate of drug-likeness (QED) is 0.105. The van der Waals surface area contributed by atoms with Crippen LogP contribution in [0.1, 0.15) is 28.9 Å². The van der Waals surface area contributed by atoms with E-state index in [0.29, 0.717) is 22.4 Å². The molecule has 0 aliphatic rings. The number of hydrogen-bond acceptors (Lipinski definition) is 8. The van der Waals surface area contributed by atoms with E-state index in [1.54, 1.807) is 19.1 Å². The lowest BCUT2D eigenvalue weighted by Gasteiger charge is -2.12. The first-order valence-corrected chi connectivity index (χ1v) is 14.4. The van der Waals surface area contributed by atoms with Crippen LogP contribution >= 0.6 is 11.6 Å². The van der Waals surface area contributed by atoms with E-state index in [1.165, 1.54) is 0 Å². The minimum atomic E-state index is -0.410. The summed E-state index contributed by atoms with van der Waals surface area (Å²) in [6.07, 6.45) is 1.01. The summed E-state index contributed by atoms with van der Waals surface area (Å²) >= 11 is 5.79. The van der Waals surface area contributed by atoms with Gasteiger partial charge in [0.05, 0.1) is 0 Å². The Morgan fingerprint density at radius 1 is 0.705 bits per heavy atom. The van der Waals surface area contributed by atoms with Crippen LogP contribution in [0.3, 0.4) is 0 Å². The Balaban J connectivity index is 0.000000249. The number of rotatable bonds is 9. The highest BCUT2D eigenvalue weighted by Gasteiger charge is 2.08. The lowest BCUT2D eigenvalue weighted by Crippen LogP contribution is -2.21. The van der Waals surface area contributed by atoms with Gasteiger partial charge in [-0.15, -0.1) is 0 Å². The molecule has 0 spiro atoms. The van der Waals surface area contributed by atoms with E-state index < -0.39 is 6.03 Å². The first-order chi connectivity index (χ1) is 20.9. The summed E-state index contributed by atoms with van der Waals surface area (Å²) in [7, 11) is 4.09. The van der Waals surface area contributed by atoms with E-state index >= 15 is 0 Å². The SMILES string of the molecule is Cc1cccc(NC(=O)Nc2nc(C)cc(Cl)n2)c1.Cc1cccc(NC(=O)Nc2nc(C)cc(NCCCN(C)C)n2)c1. The van der Waals surface area contributed by atoms with Crippen molar-refractivity contribution in [2.24, 2.45) is 0 Å². The van der Waals surface area contributed by atoms with Gasteiger partial charge in [-0.3, -0.25) is 10.6 Å². The summed E-state index contributed by atoms with van der Waals surface area (Å²) in [5.74, 6) is 1.16. The number of nitrogens with zero attached hydrogens (tertiary/aromatic N) is 5. The van der Waals surface area contributed by atoms with Gasteiger partial charge in [-0.25, -0.2) is 24.5 Å². The van der Waals surface area contributed by atoms with Crippen molar-refractivity contribution in [2.75, 3.05) is 53.8 Å². The van der Waals surface area contributed by atoms with Gasteiger partial charge in [-0.1, -0.05) is 35.9 Å². The molecule has 0 unspecified atom stereocenters. The maximum absolute atomic E-state index is 12.1. The molecule has 0 aliphatic carbocycles. The van der Waals surface area contributed by atoms with Crippen molar-refractivity contribution in [3.05, 3.63) is 88.3 Å². The Morgan fingerprint density at radius 2 is 1.23 bits per heavy atom. The van der Waals surface area contributed by atoms with E-state index in [4.69, 9.17) is 11.6 Å². The minimum Gasteiger partial charge on any atom is -0.370 e. The molecule has 0 aliphatic heterocycles. The predicted octanol–water partition coefficient (Wildman–Crippen LogP) is 6.49. The highest BCUT2D eigenvalue weighted by Crippen LogP contribution is 2.14. The Labute approximate surface area is 263 Å². The van der Waals surface area contributed by atoms with Crippen molar-refractivity contribution in [3.63, 3.8) is 0 Å². The Morgan fingerprint density at radius 3 is 1.73 bits per heavy atom. The standard InChI is InChI=1S/C18H26N6O.C13H13ClN4O/c1-13-7-5-8-15(11-13)21-18(25)23-17-20-14(2)12-16(22-17)19-9-6-10-24(3)4;1-8-4-3-5-10(6-8)16-13(19)18-12-15-9(2)7-11(14)17-12/h5,7-8,11-12H,6,9-10H2,1-4H3,(H3,19,20,21,22,23,25);3-7H,1-2H3,(H2,15,16,17,18,19). The lowest BCUT2D eigenvalue weighted by atomic mass is 10.2. The van der Waals surface area contributed by atoms with Crippen LogP contribution in [0.4, 0.5) is 38.7 Å². The fraction of sp³-hybridized carbons (Fsp3) is 0.290. The molecule has 0 atom stereocenters. The van der Waals surface area contributed by atoms with Crippen molar-refractivity contribution in [1.29, 1.82) is 0 Å². The number of halogens is 1. The van der Waals surface area contributed by atoms with Crippen LogP contribution in [-0.4, -0.2) is 64.1 Å². The van der Waals surface area contributed by atoms with E-state index in [-0.39, 0.29) is 17.9 Å². The average molecular weight is 619 g/mol. The van der Waals surface area contributed by atoms with Crippen LogP contribution in [0.5, 0.6) is 0 Å². The molecule has 2 aromatic carbocycles. The number of aryl methyl sites for hydroxylation is 4. The molecule has 12 nitrogen and oxygen atoms in total. The molecule has 0 fully saturated rings. The number of amides is 4. The third-order valence-corrected chi connectivity index (χ3v) is 5.96. The summed E-state index contributed by atoms with van der Waals surface area (Å²) in [5.41, 5.74) is 5.05. The van der Waals surface area contributed by atoms with Crippen LogP contribution in [-0.2, 0) is 0 Å². The van der Waals surface area contributed by atoms with E-state index in [1.807, 2.05) is 83.4 Å². The van der Waals surface area contributed by atoms with Gasteiger partial charge in [-0.05, 0) is 96.2 Å². The molecule has 4 rings (SSSR count). The van der Waals surface area contributed by atoms with Gasteiger partial charge in [0, 0.05) is 35.4 Å². The fourth-order valence-electron chi connectivity index (χ4n) is 3.89. The van der Waals surface area contributed by atoms with E-state index in [2.05, 4.69) is 51.4 Å². The van der Waals surface area contributed by atoms with Crippen LogP contribution in [0.2, 0.25) is 5.15 Å². The number of carbonyl (C=O) groups excluding carboxylic acids is 2. The molecule has 5 N–H and O–H groups in total. The van der Waals surface area contributed by atoms with Crippen molar-refractivity contribution in [2.45, 2.75) is 34.1 Å². The molecular weight excluding hydrogens is 580 g/mol. The Kier molecular flexibility index (Phi) is 12.8. The molecule has 0 saturated carbocycles. The molecule has 13 heteroatoms. The highest BCUT2D eigenvalue weighted by atomic mass is 35.5. The summed E-state index contributed by atoms with van der Waals surface area (Å²) in [4.78, 5) is 42.6. The number of hydrogen-bond donors (Lipinski definition) is 5. The Bertz CT molecular complexity index is 1540. The van der Waals surface area contributed by atoms with Crippen LogP contribution in [0.15, 0.2) is 60.7 Å². The second kappa shape index (κ2) is 16.7. The molecule has 232 valence electrons. The van der Waals surface area contributed by atoms with Gasteiger partial charge in [-0.2, -0.15) is 4.98 Å². The molecule has 0 saturated heterocycles. The molecule has 44 heavy (non-hydrogen) atoms. The monoisotopic (exact) mass is 618 g/mol. The van der Waals surface area contributed by atoms with Gasteiger partial charge < -0.3 is 20.9 Å². The molecule has 2 aromatic heterocycles. The topological polar surface area (TPSA) is 149 Å². The van der Waals surface area contributed by atoms with Crippen molar-refractivity contribution >= 4 is 52.8 Å². The summed E-state index contributed by atoms with van der Waals surface area (Å²) in [6.45, 7) is 9.38. The van der Waals surface area contributed by atoms with Gasteiger partial charge in [0.2, 0.25) is 11.9 Å². The molecule has 0 radical (unpaired) electrons. The smallest absolute Gasteiger partial charge is 0.326 e. The van der Waals surface area contributed by atoms with Gasteiger partial charge in [0.1, 0.15) is 11.0 Å². The maximum atomic E-state index is 12.1. The van der Waals surface area contributed by atoms with Crippen molar-refractivity contribution in [3.8, 4) is 0 Å². The van der Waals surface area contributed by atoms with E-state index in [9.17, 15) is 9.59 Å². The third kappa shape index (κ3) is 12.6. The number of urea groups is 2. The molecule has 4 amide bonds. The Hall–Kier alpha value is -4.81. The summed E-state index contributed by atoms with van der Waals surface area (Å²) < 4.78 is 0. The first kappa shape index (κ1) is 33.7. The fourth-order valence-corrected chi connectivity index (χ4v) is 4.12. The van der Waals surface area contributed by atoms with Crippen molar-refractivity contribution < 1.29 is 9.59 Å². The van der Waals surface area contributed by atoms with Gasteiger partial charge in [0.25, 0.3) is 0 Å². The average Bonchev–Trinajstić information content (AvgIpc) is 2.90. The van der Waals surface area contributed by atoms with Crippen molar-refractivity contribution in [1.82, 2.24) is 24.8 Å².